The van der Waals surface area contributed by atoms with E-state index in [-0.39, 0.29) is 0 Å². The van der Waals surface area contributed by atoms with Crippen molar-refractivity contribution in [1.29, 1.82) is 0 Å². The van der Waals surface area contributed by atoms with E-state index in [2.05, 4.69) is 21.2 Å². The largest absolute Gasteiger partial charge is 0.342 e. The van der Waals surface area contributed by atoms with E-state index >= 15 is 0 Å². The number of nitrogens with one attached hydrogen (secondary N) is 1. The maximum absolute atomic E-state index is 11.6. The zero-order valence-corrected chi connectivity index (χ0v) is 11.3. The second kappa shape index (κ2) is 8.03. The van der Waals surface area contributed by atoms with E-state index in [1.807, 2.05) is 4.90 Å². The highest BCUT2D eigenvalue weighted by Gasteiger charge is 2.27. The smallest absolute Gasteiger partial charge is 0.222 e. The molecule has 5 heteroatoms. The van der Waals surface area contributed by atoms with Gasteiger partial charge in [0.15, 0.2) is 0 Å². The SMILES string of the molecule is NCCCNCCCN1CC(CBr)CC1=O. The Labute approximate surface area is 106 Å². The van der Waals surface area contributed by atoms with E-state index in [9.17, 15) is 4.79 Å². The average molecular weight is 292 g/mol. The molecule has 0 saturated carbocycles. The molecule has 1 aliphatic rings. The third kappa shape index (κ3) is 4.80. The van der Waals surface area contributed by atoms with Crippen molar-refractivity contribution >= 4 is 21.8 Å². The van der Waals surface area contributed by atoms with Crippen LogP contribution in [0.25, 0.3) is 0 Å². The molecule has 1 fully saturated rings. The first-order chi connectivity index (χ1) is 7.77. The summed E-state index contributed by atoms with van der Waals surface area (Å²) in [4.78, 5) is 13.6. The van der Waals surface area contributed by atoms with Crippen LogP contribution in [0, 0.1) is 5.92 Å². The molecule has 16 heavy (non-hydrogen) atoms. The van der Waals surface area contributed by atoms with E-state index in [4.69, 9.17) is 5.73 Å². The Kier molecular flexibility index (Phi) is 7.00. The maximum atomic E-state index is 11.6. The molecule has 1 unspecified atom stereocenters. The summed E-state index contributed by atoms with van der Waals surface area (Å²) < 4.78 is 0. The molecule has 1 saturated heterocycles. The zero-order chi connectivity index (χ0) is 11.8. The lowest BCUT2D eigenvalue weighted by Crippen LogP contribution is -2.29. The molecule has 1 rings (SSSR count). The fourth-order valence-electron chi connectivity index (χ4n) is 1.92. The molecule has 1 heterocycles. The summed E-state index contributed by atoms with van der Waals surface area (Å²) in [6.07, 6.45) is 2.77. The summed E-state index contributed by atoms with van der Waals surface area (Å²) in [6.45, 7) is 4.51. The van der Waals surface area contributed by atoms with E-state index in [1.54, 1.807) is 0 Å². The summed E-state index contributed by atoms with van der Waals surface area (Å²) in [5.74, 6) is 0.823. The molecule has 3 N–H and O–H groups in total. The van der Waals surface area contributed by atoms with Gasteiger partial charge in [-0.2, -0.15) is 0 Å². The van der Waals surface area contributed by atoms with E-state index in [0.29, 0.717) is 18.2 Å². The number of nitrogens with zero attached hydrogens (tertiary/aromatic N) is 1. The molecule has 4 nitrogen and oxygen atoms in total. The number of nitrogens with two attached hydrogens (primary N) is 1. The molecule has 0 aliphatic carbocycles. The molecular formula is C11H22BrN3O. The van der Waals surface area contributed by atoms with Gasteiger partial charge in [0.2, 0.25) is 5.91 Å². The van der Waals surface area contributed by atoms with Crippen LogP contribution in [-0.2, 0) is 4.79 Å². The number of halogens is 1. The van der Waals surface area contributed by atoms with Gasteiger partial charge in [0.05, 0.1) is 0 Å². The topological polar surface area (TPSA) is 58.4 Å². The number of amides is 1. The molecule has 0 bridgehead atoms. The Hall–Kier alpha value is -0.130. The van der Waals surface area contributed by atoms with Crippen LogP contribution < -0.4 is 11.1 Å². The minimum Gasteiger partial charge on any atom is -0.342 e. The fourth-order valence-corrected chi connectivity index (χ4v) is 2.35. The third-order valence-electron chi connectivity index (χ3n) is 2.85. The van der Waals surface area contributed by atoms with Crippen molar-refractivity contribution in [3.05, 3.63) is 0 Å². The van der Waals surface area contributed by atoms with Gasteiger partial charge in [0.25, 0.3) is 0 Å². The minimum atomic E-state index is 0.311. The monoisotopic (exact) mass is 291 g/mol. The molecule has 1 aliphatic heterocycles. The lowest BCUT2D eigenvalue weighted by Gasteiger charge is -2.16. The van der Waals surface area contributed by atoms with Crippen LogP contribution in [0.4, 0.5) is 0 Å². The van der Waals surface area contributed by atoms with Crippen molar-refractivity contribution in [2.45, 2.75) is 19.3 Å². The van der Waals surface area contributed by atoms with Gasteiger partial charge in [-0.1, -0.05) is 15.9 Å². The summed E-state index contributed by atoms with van der Waals surface area (Å²) in [5, 5.41) is 4.26. The number of hydrogen-bond donors (Lipinski definition) is 2. The predicted octanol–water partition coefficient (Wildman–Crippen LogP) is 0.558. The summed E-state index contributed by atoms with van der Waals surface area (Å²) in [6, 6.07) is 0. The maximum Gasteiger partial charge on any atom is 0.222 e. The molecule has 1 amide bonds. The average Bonchev–Trinajstić information content (AvgIpc) is 2.65. The first-order valence-corrected chi connectivity index (χ1v) is 7.14. The molecule has 1 atom stereocenters. The number of carbonyl (C=O) groups excluding carboxylic acids is 1. The van der Waals surface area contributed by atoms with Crippen LogP contribution in [0.2, 0.25) is 0 Å². The fraction of sp³-hybridized carbons (Fsp3) is 0.909. The predicted molar refractivity (Wildman–Crippen MR) is 69.6 cm³/mol. The first kappa shape index (κ1) is 13.9. The van der Waals surface area contributed by atoms with E-state index in [0.717, 1.165) is 50.9 Å². The Bertz CT molecular complexity index is 213. The van der Waals surface area contributed by atoms with E-state index in [1.165, 1.54) is 0 Å². The molecule has 0 aromatic rings. The number of hydrogen-bond acceptors (Lipinski definition) is 3. The molecule has 0 spiro atoms. The highest BCUT2D eigenvalue weighted by molar-refractivity contribution is 9.09. The van der Waals surface area contributed by atoms with Crippen LogP contribution in [0.5, 0.6) is 0 Å². The van der Waals surface area contributed by atoms with Crippen LogP contribution >= 0.6 is 15.9 Å². The summed E-state index contributed by atoms with van der Waals surface area (Å²) in [7, 11) is 0. The second-order valence-electron chi connectivity index (χ2n) is 4.31. The highest BCUT2D eigenvalue weighted by Crippen LogP contribution is 2.19. The van der Waals surface area contributed by atoms with Crippen molar-refractivity contribution < 1.29 is 4.79 Å². The van der Waals surface area contributed by atoms with Crippen molar-refractivity contribution in [3.63, 3.8) is 0 Å². The number of likely N-dealkylation sites (tertiary alicyclic amines) is 1. The van der Waals surface area contributed by atoms with Crippen molar-refractivity contribution in [2.75, 3.05) is 38.1 Å². The minimum absolute atomic E-state index is 0.311. The van der Waals surface area contributed by atoms with Gasteiger partial charge >= 0.3 is 0 Å². The van der Waals surface area contributed by atoms with Gasteiger partial charge in [-0.15, -0.1) is 0 Å². The Morgan fingerprint density at radius 3 is 2.81 bits per heavy atom. The Morgan fingerprint density at radius 1 is 1.44 bits per heavy atom. The van der Waals surface area contributed by atoms with Crippen molar-refractivity contribution in [1.82, 2.24) is 10.2 Å². The Morgan fingerprint density at radius 2 is 2.19 bits per heavy atom. The van der Waals surface area contributed by atoms with Crippen LogP contribution in [-0.4, -0.2) is 48.9 Å². The highest BCUT2D eigenvalue weighted by atomic mass is 79.9. The first-order valence-electron chi connectivity index (χ1n) is 6.02. The third-order valence-corrected chi connectivity index (χ3v) is 3.77. The van der Waals surface area contributed by atoms with Gasteiger partial charge < -0.3 is 16.0 Å². The molecular weight excluding hydrogens is 270 g/mol. The van der Waals surface area contributed by atoms with Gasteiger partial charge in [-0.05, 0) is 38.4 Å². The Balaban J connectivity index is 2.03. The van der Waals surface area contributed by atoms with Crippen LogP contribution in [0.3, 0.4) is 0 Å². The van der Waals surface area contributed by atoms with Crippen LogP contribution in [0.15, 0.2) is 0 Å². The van der Waals surface area contributed by atoms with Gasteiger partial charge in [0.1, 0.15) is 0 Å². The molecule has 0 aromatic heterocycles. The summed E-state index contributed by atoms with van der Waals surface area (Å²) in [5.41, 5.74) is 5.39. The second-order valence-corrected chi connectivity index (χ2v) is 4.96. The molecule has 94 valence electrons. The quantitative estimate of drug-likeness (QED) is 0.507. The molecule has 0 radical (unpaired) electrons. The van der Waals surface area contributed by atoms with Gasteiger partial charge in [-0.3, -0.25) is 4.79 Å². The number of alkyl halides is 1. The number of rotatable bonds is 8. The van der Waals surface area contributed by atoms with Crippen molar-refractivity contribution in [3.8, 4) is 0 Å². The lowest BCUT2D eigenvalue weighted by molar-refractivity contribution is -0.127. The zero-order valence-electron chi connectivity index (χ0n) is 9.75. The van der Waals surface area contributed by atoms with Gasteiger partial charge in [-0.25, -0.2) is 0 Å². The summed E-state index contributed by atoms with van der Waals surface area (Å²) >= 11 is 3.44. The standard InChI is InChI=1S/C11H22BrN3O/c12-8-10-7-11(16)15(9-10)6-2-5-14-4-1-3-13/h10,14H,1-9,13H2. The number of carbonyl (C=O) groups is 1. The normalized spacial score (nSPS) is 20.8. The molecule has 0 aromatic carbocycles. The van der Waals surface area contributed by atoms with E-state index < -0.39 is 0 Å². The van der Waals surface area contributed by atoms with Crippen molar-refractivity contribution in [2.24, 2.45) is 11.7 Å². The lowest BCUT2D eigenvalue weighted by atomic mass is 10.2. The van der Waals surface area contributed by atoms with Crippen LogP contribution in [0.1, 0.15) is 19.3 Å². The van der Waals surface area contributed by atoms with Gasteiger partial charge in [0, 0.05) is 24.8 Å².